The predicted molar refractivity (Wildman–Crippen MR) is 83.2 cm³/mol. The summed E-state index contributed by atoms with van der Waals surface area (Å²) in [6.07, 6.45) is 6.78. The minimum Gasteiger partial charge on any atom is -0.398 e. The van der Waals surface area contributed by atoms with Gasteiger partial charge in [-0.05, 0) is 60.3 Å². The summed E-state index contributed by atoms with van der Waals surface area (Å²) in [7, 11) is 0. The summed E-state index contributed by atoms with van der Waals surface area (Å²) in [5.74, 6) is 0. The van der Waals surface area contributed by atoms with Crippen LogP contribution in [0.3, 0.4) is 0 Å². The maximum absolute atomic E-state index is 5.96. The lowest BCUT2D eigenvalue weighted by atomic mass is 9.93. The fourth-order valence-electron chi connectivity index (χ4n) is 2.92. The van der Waals surface area contributed by atoms with Crippen molar-refractivity contribution in [2.45, 2.75) is 52.0 Å². The summed E-state index contributed by atoms with van der Waals surface area (Å²) in [6, 6.07) is 4.95. The topological polar surface area (TPSA) is 29.3 Å². The molecule has 0 radical (unpaired) electrons. The largest absolute Gasteiger partial charge is 0.398 e. The highest BCUT2D eigenvalue weighted by Gasteiger charge is 2.22. The van der Waals surface area contributed by atoms with Crippen LogP contribution in [0.15, 0.2) is 16.6 Å². The Morgan fingerprint density at radius 2 is 1.94 bits per heavy atom. The lowest BCUT2D eigenvalue weighted by Crippen LogP contribution is -2.37. The van der Waals surface area contributed by atoms with Crippen molar-refractivity contribution >= 4 is 27.3 Å². The van der Waals surface area contributed by atoms with Crippen LogP contribution in [-0.2, 0) is 0 Å². The molecule has 1 aliphatic rings. The highest BCUT2D eigenvalue weighted by molar-refractivity contribution is 9.10. The molecule has 0 bridgehead atoms. The fourth-order valence-corrected chi connectivity index (χ4v) is 3.51. The molecule has 0 unspecified atom stereocenters. The highest BCUT2D eigenvalue weighted by atomic mass is 79.9. The molecule has 2 nitrogen and oxygen atoms in total. The first kappa shape index (κ1) is 13.7. The molecule has 2 rings (SSSR count). The second kappa shape index (κ2) is 5.96. The monoisotopic (exact) mass is 310 g/mol. The Labute approximate surface area is 119 Å². The molecule has 1 aromatic carbocycles. The van der Waals surface area contributed by atoms with E-state index in [4.69, 9.17) is 5.73 Å². The van der Waals surface area contributed by atoms with Crippen LogP contribution in [0.4, 0.5) is 11.4 Å². The smallest absolute Gasteiger partial charge is 0.0517 e. The van der Waals surface area contributed by atoms with Gasteiger partial charge >= 0.3 is 0 Å². The average molecular weight is 311 g/mol. The number of rotatable bonds is 3. The third-order valence-electron chi connectivity index (χ3n) is 4.00. The summed E-state index contributed by atoms with van der Waals surface area (Å²) >= 11 is 3.67. The molecule has 0 amide bonds. The van der Waals surface area contributed by atoms with E-state index in [1.165, 1.54) is 43.4 Å². The Hall–Kier alpha value is -0.700. The van der Waals surface area contributed by atoms with Gasteiger partial charge in [0.15, 0.2) is 0 Å². The van der Waals surface area contributed by atoms with Gasteiger partial charge in [-0.1, -0.05) is 19.3 Å². The van der Waals surface area contributed by atoms with Gasteiger partial charge in [0.05, 0.1) is 5.69 Å². The van der Waals surface area contributed by atoms with Gasteiger partial charge in [-0.2, -0.15) is 0 Å². The molecule has 18 heavy (non-hydrogen) atoms. The summed E-state index contributed by atoms with van der Waals surface area (Å²) in [4.78, 5) is 2.54. The molecule has 1 fully saturated rings. The van der Waals surface area contributed by atoms with Gasteiger partial charge in [0.1, 0.15) is 0 Å². The zero-order valence-corrected chi connectivity index (χ0v) is 13.0. The Bertz CT molecular complexity index is 411. The van der Waals surface area contributed by atoms with E-state index in [-0.39, 0.29) is 0 Å². The molecule has 0 aromatic heterocycles. The third-order valence-corrected chi connectivity index (χ3v) is 4.64. The average Bonchev–Trinajstić information content (AvgIpc) is 2.38. The van der Waals surface area contributed by atoms with Gasteiger partial charge < -0.3 is 10.6 Å². The zero-order valence-electron chi connectivity index (χ0n) is 11.4. The van der Waals surface area contributed by atoms with Crippen molar-refractivity contribution in [1.29, 1.82) is 0 Å². The Morgan fingerprint density at radius 1 is 1.28 bits per heavy atom. The van der Waals surface area contributed by atoms with E-state index in [9.17, 15) is 0 Å². The third kappa shape index (κ3) is 2.82. The molecule has 1 aromatic rings. The Kier molecular flexibility index (Phi) is 4.55. The highest BCUT2D eigenvalue weighted by Crippen LogP contribution is 2.34. The number of nitrogens with zero attached hydrogens (tertiary/aromatic N) is 1. The Balaban J connectivity index is 2.28. The zero-order chi connectivity index (χ0) is 13.1. The molecule has 0 atom stereocenters. The van der Waals surface area contributed by atoms with Gasteiger partial charge in [0, 0.05) is 22.7 Å². The minimum atomic E-state index is 0.697. The molecule has 1 aliphatic carbocycles. The lowest BCUT2D eigenvalue weighted by molar-refractivity contribution is 0.418. The van der Waals surface area contributed by atoms with Crippen molar-refractivity contribution in [2.24, 2.45) is 0 Å². The molecule has 2 N–H and O–H groups in total. The van der Waals surface area contributed by atoms with Crippen molar-refractivity contribution in [3.05, 3.63) is 22.2 Å². The van der Waals surface area contributed by atoms with E-state index in [2.05, 4.69) is 40.7 Å². The van der Waals surface area contributed by atoms with Crippen LogP contribution in [-0.4, -0.2) is 12.6 Å². The summed E-state index contributed by atoms with van der Waals surface area (Å²) < 4.78 is 1.12. The number of halogens is 1. The van der Waals surface area contributed by atoms with E-state index in [0.29, 0.717) is 6.04 Å². The van der Waals surface area contributed by atoms with Crippen molar-refractivity contribution in [3.63, 3.8) is 0 Å². The van der Waals surface area contributed by atoms with E-state index < -0.39 is 0 Å². The quantitative estimate of drug-likeness (QED) is 0.833. The first-order chi connectivity index (χ1) is 8.63. The number of aryl methyl sites for hydroxylation is 1. The van der Waals surface area contributed by atoms with Gasteiger partial charge in [0.25, 0.3) is 0 Å². The molecule has 1 saturated carbocycles. The molecule has 100 valence electrons. The number of hydrogen-bond acceptors (Lipinski definition) is 2. The molecule has 0 spiro atoms. The van der Waals surface area contributed by atoms with Gasteiger partial charge in [0.2, 0.25) is 0 Å². The number of nitrogens with two attached hydrogens (primary N) is 1. The van der Waals surface area contributed by atoms with Gasteiger partial charge in [-0.15, -0.1) is 0 Å². The van der Waals surface area contributed by atoms with Crippen LogP contribution in [0.2, 0.25) is 0 Å². The van der Waals surface area contributed by atoms with Crippen molar-refractivity contribution in [3.8, 4) is 0 Å². The van der Waals surface area contributed by atoms with Crippen molar-refractivity contribution < 1.29 is 0 Å². The maximum atomic E-state index is 5.96. The normalized spacial score (nSPS) is 16.8. The molecular formula is C15H23BrN2. The first-order valence-corrected chi connectivity index (χ1v) is 7.75. The summed E-state index contributed by atoms with van der Waals surface area (Å²) in [6.45, 7) is 5.39. The van der Waals surface area contributed by atoms with Gasteiger partial charge in [-0.3, -0.25) is 0 Å². The van der Waals surface area contributed by atoms with Crippen LogP contribution >= 0.6 is 15.9 Å². The van der Waals surface area contributed by atoms with E-state index in [1.54, 1.807) is 0 Å². The molecule has 0 aliphatic heterocycles. The van der Waals surface area contributed by atoms with E-state index >= 15 is 0 Å². The number of benzene rings is 1. The molecule has 0 saturated heterocycles. The fraction of sp³-hybridized carbons (Fsp3) is 0.600. The molecular weight excluding hydrogens is 288 g/mol. The van der Waals surface area contributed by atoms with Crippen LogP contribution in [0.1, 0.15) is 44.6 Å². The number of anilines is 2. The second-order valence-electron chi connectivity index (χ2n) is 5.24. The van der Waals surface area contributed by atoms with E-state index in [0.717, 1.165) is 16.7 Å². The van der Waals surface area contributed by atoms with Gasteiger partial charge in [-0.25, -0.2) is 0 Å². The first-order valence-electron chi connectivity index (χ1n) is 6.95. The second-order valence-corrected chi connectivity index (χ2v) is 6.09. The van der Waals surface area contributed by atoms with Crippen LogP contribution in [0.5, 0.6) is 0 Å². The van der Waals surface area contributed by atoms with Crippen LogP contribution < -0.4 is 10.6 Å². The standard InChI is InChI=1S/C15H23BrN2/c1-3-18(12-7-5-4-6-8-12)15-9-11(2)14(17)10-13(15)16/h9-10,12H,3-8,17H2,1-2H3. The molecule has 3 heteroatoms. The van der Waals surface area contributed by atoms with Crippen LogP contribution in [0.25, 0.3) is 0 Å². The minimum absolute atomic E-state index is 0.697. The maximum Gasteiger partial charge on any atom is 0.0517 e. The number of hydrogen-bond donors (Lipinski definition) is 1. The molecule has 0 heterocycles. The predicted octanol–water partition coefficient (Wildman–Crippen LogP) is 4.50. The van der Waals surface area contributed by atoms with E-state index in [1.807, 2.05) is 6.07 Å². The van der Waals surface area contributed by atoms with Crippen molar-refractivity contribution in [1.82, 2.24) is 0 Å². The number of nitrogen functional groups attached to an aromatic ring is 1. The summed E-state index contributed by atoms with van der Waals surface area (Å²) in [5, 5.41) is 0. The summed E-state index contributed by atoms with van der Waals surface area (Å²) in [5.41, 5.74) is 9.30. The Morgan fingerprint density at radius 3 is 2.56 bits per heavy atom. The van der Waals surface area contributed by atoms with Crippen molar-refractivity contribution in [2.75, 3.05) is 17.2 Å². The SMILES string of the molecule is CCN(c1cc(C)c(N)cc1Br)C1CCCCC1. The lowest BCUT2D eigenvalue weighted by Gasteiger charge is -2.36. The van der Waals surface area contributed by atoms with Crippen LogP contribution in [0, 0.1) is 6.92 Å².